The van der Waals surface area contributed by atoms with Crippen LogP contribution in [-0.4, -0.2) is 5.71 Å². The molecule has 0 bridgehead atoms. The molecule has 0 atom stereocenters. The number of fused-ring (bicyclic) bond motifs is 4. The number of anilines is 3. The minimum Gasteiger partial charge on any atom is -0.354 e. The topological polar surface area (TPSA) is 39.1 Å². The van der Waals surface area contributed by atoms with Gasteiger partial charge < -0.3 is 10.2 Å². The van der Waals surface area contributed by atoms with Gasteiger partial charge in [-0.3, -0.25) is 5.41 Å². The van der Waals surface area contributed by atoms with Crippen molar-refractivity contribution in [1.29, 1.82) is 5.41 Å². The first-order valence-corrected chi connectivity index (χ1v) is 25.7. The molecule has 1 aliphatic carbocycles. The normalized spacial score (nSPS) is 13.6. The van der Waals surface area contributed by atoms with Crippen molar-refractivity contribution in [2.75, 3.05) is 4.90 Å². The summed E-state index contributed by atoms with van der Waals surface area (Å²) in [6.07, 6.45) is 2.25. The van der Waals surface area contributed by atoms with Gasteiger partial charge in [0.1, 0.15) is 0 Å². The van der Waals surface area contributed by atoms with Crippen LogP contribution in [0.1, 0.15) is 50.1 Å². The quantitative estimate of drug-likeness (QED) is 0.127. The van der Waals surface area contributed by atoms with Gasteiger partial charge in [-0.2, -0.15) is 0 Å². The Morgan fingerprint density at radius 3 is 1.49 bits per heavy atom. The third-order valence-corrected chi connectivity index (χ3v) is 15.0. The lowest BCUT2D eigenvalue weighted by Gasteiger charge is -2.35. The lowest BCUT2D eigenvalue weighted by molar-refractivity contribution is 0.768. The second kappa shape index (κ2) is 19.3. The molecule has 13 rings (SSSR count). The van der Waals surface area contributed by atoms with Crippen LogP contribution in [0.25, 0.3) is 56.4 Å². The molecule has 0 saturated carbocycles. The van der Waals surface area contributed by atoms with Crippen LogP contribution in [0.3, 0.4) is 0 Å². The fourth-order valence-corrected chi connectivity index (χ4v) is 11.6. The predicted molar refractivity (Wildman–Crippen MR) is 313 cm³/mol. The molecule has 3 nitrogen and oxygen atoms in total. The molecule has 0 spiro atoms. The van der Waals surface area contributed by atoms with Crippen LogP contribution in [0.5, 0.6) is 0 Å². The summed E-state index contributed by atoms with van der Waals surface area (Å²) in [6.45, 7) is 0. The average molecular weight is 958 g/mol. The number of rotatable bonds is 11. The number of hydrogen-bond acceptors (Lipinski definition) is 3. The monoisotopic (exact) mass is 957 g/mol. The highest BCUT2D eigenvalue weighted by atomic mass is 15.1. The Labute approximate surface area is 439 Å². The van der Waals surface area contributed by atoms with Crippen LogP contribution >= 0.6 is 0 Å². The number of nitrogens with one attached hydrogen (secondary N) is 2. The van der Waals surface area contributed by atoms with Crippen LogP contribution in [0.4, 0.5) is 17.1 Å². The van der Waals surface area contributed by atoms with Crippen molar-refractivity contribution in [1.82, 2.24) is 5.32 Å². The largest absolute Gasteiger partial charge is 0.354 e. The maximum atomic E-state index is 10.1. The van der Waals surface area contributed by atoms with E-state index in [0.717, 1.165) is 84.1 Å². The van der Waals surface area contributed by atoms with Crippen molar-refractivity contribution in [3.05, 3.63) is 341 Å². The summed E-state index contributed by atoms with van der Waals surface area (Å²) in [5.74, 6) is 0. The van der Waals surface area contributed by atoms with Crippen molar-refractivity contribution >= 4 is 45.8 Å². The van der Waals surface area contributed by atoms with Crippen molar-refractivity contribution in [2.24, 2.45) is 0 Å². The molecule has 0 radical (unpaired) electrons. The third kappa shape index (κ3) is 7.90. The first kappa shape index (κ1) is 45.1. The van der Waals surface area contributed by atoms with Crippen molar-refractivity contribution in [3.63, 3.8) is 0 Å². The van der Waals surface area contributed by atoms with Gasteiger partial charge >= 0.3 is 0 Å². The van der Waals surface area contributed by atoms with Crippen LogP contribution in [0.2, 0.25) is 0 Å². The van der Waals surface area contributed by atoms with Crippen molar-refractivity contribution < 1.29 is 0 Å². The fraction of sp³-hybridized carbons (Fsp3) is 0.0139. The van der Waals surface area contributed by atoms with E-state index in [9.17, 15) is 5.41 Å². The van der Waals surface area contributed by atoms with E-state index in [1.807, 2.05) is 36.4 Å². The molecule has 0 amide bonds. The van der Waals surface area contributed by atoms with Crippen LogP contribution in [0, 0.1) is 5.41 Å². The number of benzene rings is 11. The summed E-state index contributed by atoms with van der Waals surface area (Å²) in [5, 5.41) is 14.0. The molecule has 1 aliphatic heterocycles. The zero-order chi connectivity index (χ0) is 50.1. The van der Waals surface area contributed by atoms with E-state index in [1.165, 1.54) is 33.4 Å². The van der Waals surface area contributed by atoms with Crippen molar-refractivity contribution in [2.45, 2.75) is 5.41 Å². The molecule has 0 fully saturated rings. The minimum absolute atomic E-state index is 0.436. The highest BCUT2D eigenvalue weighted by Gasteiger charge is 2.46. The molecule has 11 aromatic rings. The number of allylic oxidation sites excluding steroid dienone is 1. The highest BCUT2D eigenvalue weighted by Crippen LogP contribution is 2.58. The molecular formula is C72H51N3. The second-order valence-corrected chi connectivity index (χ2v) is 19.2. The molecule has 3 heteroatoms. The Hall–Kier alpha value is -9.83. The summed E-state index contributed by atoms with van der Waals surface area (Å²) < 4.78 is 0. The van der Waals surface area contributed by atoms with E-state index < -0.39 is 5.41 Å². The third-order valence-electron chi connectivity index (χ3n) is 15.0. The first-order valence-electron chi connectivity index (χ1n) is 25.7. The van der Waals surface area contributed by atoms with Crippen LogP contribution in [-0.2, 0) is 5.41 Å². The number of para-hydroxylation sites is 1. The summed E-state index contributed by atoms with van der Waals surface area (Å²) >= 11 is 0. The fourth-order valence-electron chi connectivity index (χ4n) is 11.6. The van der Waals surface area contributed by atoms with E-state index in [1.54, 1.807) is 0 Å². The zero-order valence-corrected chi connectivity index (χ0v) is 41.2. The lowest BCUT2D eigenvalue weighted by atomic mass is 9.67. The van der Waals surface area contributed by atoms with Gasteiger partial charge in [-0.1, -0.05) is 261 Å². The van der Waals surface area contributed by atoms with E-state index in [-0.39, 0.29) is 0 Å². The smallest absolute Gasteiger partial charge is 0.0714 e. The Morgan fingerprint density at radius 1 is 0.360 bits per heavy atom. The average Bonchev–Trinajstić information content (AvgIpc) is 3.79. The molecule has 11 aromatic carbocycles. The summed E-state index contributed by atoms with van der Waals surface area (Å²) in [6, 6.07) is 104. The van der Waals surface area contributed by atoms with Gasteiger partial charge in [0.15, 0.2) is 0 Å². The molecule has 2 N–H and O–H groups in total. The van der Waals surface area contributed by atoms with Gasteiger partial charge in [-0.25, -0.2) is 0 Å². The molecule has 75 heavy (non-hydrogen) atoms. The maximum absolute atomic E-state index is 10.1. The molecule has 2 aliphatic rings. The van der Waals surface area contributed by atoms with E-state index in [2.05, 4.69) is 271 Å². The van der Waals surface area contributed by atoms with Crippen LogP contribution in [0.15, 0.2) is 291 Å². The summed E-state index contributed by atoms with van der Waals surface area (Å²) in [4.78, 5) is 2.46. The van der Waals surface area contributed by atoms with Gasteiger partial charge in [-0.05, 0) is 103 Å². The molecule has 1 heterocycles. The standard InChI is InChI=1S/C72H51N3/c73-70(53-31-13-4-14-32-53)69(52-29-11-3-12-30-52)71-64-48-57(44-43-54(64)47-67(74-71)51-27-9-2-10-28-51)75(68-42-24-22-40-63(68)60-38-20-19-37-59(60)50-25-7-1-8-26-50)58-45-46-62-61-39-21-23-41-65(61)72(66(62)49-58,55-33-15-5-16-34-55)56-35-17-6-18-36-56/h1-49,73-74H/b71-69-,73-70?. The molecule has 0 saturated heterocycles. The first-order chi connectivity index (χ1) is 37.1. The van der Waals surface area contributed by atoms with Crippen molar-refractivity contribution in [3.8, 4) is 33.4 Å². The Bertz CT molecular complexity index is 3920. The molecular weight excluding hydrogens is 907 g/mol. The van der Waals surface area contributed by atoms with Gasteiger partial charge in [0.05, 0.1) is 22.5 Å². The summed E-state index contributed by atoms with van der Waals surface area (Å²) in [7, 11) is 0. The van der Waals surface area contributed by atoms with Gasteiger partial charge in [0.2, 0.25) is 0 Å². The molecule has 0 aromatic heterocycles. The maximum Gasteiger partial charge on any atom is 0.0714 e. The van der Waals surface area contributed by atoms with Gasteiger partial charge in [-0.15, -0.1) is 0 Å². The Morgan fingerprint density at radius 2 is 0.840 bits per heavy atom. The van der Waals surface area contributed by atoms with Gasteiger partial charge in [0, 0.05) is 39.3 Å². The molecule has 354 valence electrons. The van der Waals surface area contributed by atoms with Gasteiger partial charge in [0.25, 0.3) is 0 Å². The van der Waals surface area contributed by atoms with E-state index in [0.29, 0.717) is 5.71 Å². The minimum atomic E-state index is -0.605. The number of hydrogen-bond donors (Lipinski definition) is 2. The Balaban J connectivity index is 1.10. The van der Waals surface area contributed by atoms with Crippen LogP contribution < -0.4 is 10.2 Å². The van der Waals surface area contributed by atoms with E-state index >= 15 is 0 Å². The second-order valence-electron chi connectivity index (χ2n) is 19.2. The highest BCUT2D eigenvalue weighted by molar-refractivity contribution is 6.36. The molecule has 0 unspecified atom stereocenters. The number of nitrogens with zero attached hydrogens (tertiary/aromatic N) is 1. The summed E-state index contributed by atoms with van der Waals surface area (Å²) in [5.41, 5.74) is 22.4. The predicted octanol–water partition coefficient (Wildman–Crippen LogP) is 17.9. The SMILES string of the molecule is N=C(/C(=C1\NC(c2ccccc2)=Cc2ccc(N(c3ccc4c(c3)C(c3ccccc3)(c3ccccc3)c3ccccc3-4)c3ccccc3-c3ccccc3-c3ccccc3)cc21)c1ccccc1)c1ccccc1. The zero-order valence-electron chi connectivity index (χ0n) is 41.2. The Kier molecular flexibility index (Phi) is 11.6. The van der Waals surface area contributed by atoms with E-state index in [4.69, 9.17) is 0 Å². The lowest BCUT2D eigenvalue weighted by Crippen LogP contribution is -2.28.